The highest BCUT2D eigenvalue weighted by molar-refractivity contribution is 6.11. The second-order valence-corrected chi connectivity index (χ2v) is 4.44. The number of carboxylic acids is 1. The van der Waals surface area contributed by atoms with Gasteiger partial charge in [-0.25, -0.2) is 4.79 Å². The zero-order valence-electron chi connectivity index (χ0n) is 11.3. The minimum atomic E-state index is -1.17. The summed E-state index contributed by atoms with van der Waals surface area (Å²) < 4.78 is 0. The van der Waals surface area contributed by atoms with Crippen molar-refractivity contribution in [3.63, 3.8) is 0 Å². The molecule has 2 N–H and O–H groups in total. The lowest BCUT2D eigenvalue weighted by molar-refractivity contribution is 0.0692. The molecule has 5 nitrogen and oxygen atoms in total. The van der Waals surface area contributed by atoms with Crippen molar-refractivity contribution >= 4 is 23.3 Å². The van der Waals surface area contributed by atoms with Crippen LogP contribution in [0.3, 0.4) is 0 Å². The molecule has 2 aromatic carbocycles. The van der Waals surface area contributed by atoms with Crippen LogP contribution in [0.4, 0.5) is 5.69 Å². The average molecular weight is 283 g/mol. The molecule has 0 aliphatic carbocycles. The Hall–Kier alpha value is -2.95. The van der Waals surface area contributed by atoms with Crippen molar-refractivity contribution in [2.45, 2.75) is 6.92 Å². The average Bonchev–Trinajstić information content (AvgIpc) is 2.47. The monoisotopic (exact) mass is 283 g/mol. The maximum Gasteiger partial charge on any atom is 0.336 e. The third-order valence-corrected chi connectivity index (χ3v) is 2.93. The molecular weight excluding hydrogens is 270 g/mol. The summed E-state index contributed by atoms with van der Waals surface area (Å²) in [5, 5.41) is 11.7. The number of hydrogen-bond acceptors (Lipinski definition) is 3. The normalized spacial score (nSPS) is 9.95. The van der Waals surface area contributed by atoms with E-state index < -0.39 is 11.9 Å². The van der Waals surface area contributed by atoms with Crippen molar-refractivity contribution in [2.75, 3.05) is 5.32 Å². The zero-order valence-corrected chi connectivity index (χ0v) is 11.3. The zero-order chi connectivity index (χ0) is 15.4. The van der Waals surface area contributed by atoms with E-state index in [1.165, 1.54) is 19.1 Å². The first-order valence-electron chi connectivity index (χ1n) is 6.23. The van der Waals surface area contributed by atoms with Gasteiger partial charge < -0.3 is 10.4 Å². The molecule has 0 spiro atoms. The van der Waals surface area contributed by atoms with E-state index in [0.717, 1.165) is 0 Å². The summed E-state index contributed by atoms with van der Waals surface area (Å²) in [6.45, 7) is 1.43. The fraction of sp³-hybridized carbons (Fsp3) is 0.0625. The van der Waals surface area contributed by atoms with Crippen molar-refractivity contribution in [2.24, 2.45) is 0 Å². The molecule has 106 valence electrons. The van der Waals surface area contributed by atoms with Crippen LogP contribution in [0.25, 0.3) is 0 Å². The molecule has 0 saturated carbocycles. The molecule has 0 bridgehead atoms. The molecule has 0 radical (unpaired) electrons. The molecular formula is C16H13NO4. The van der Waals surface area contributed by atoms with Gasteiger partial charge >= 0.3 is 5.97 Å². The van der Waals surface area contributed by atoms with Crippen LogP contribution in [0.2, 0.25) is 0 Å². The Morgan fingerprint density at radius 2 is 1.62 bits per heavy atom. The van der Waals surface area contributed by atoms with Crippen LogP contribution in [0.5, 0.6) is 0 Å². The fourth-order valence-corrected chi connectivity index (χ4v) is 1.88. The molecule has 21 heavy (non-hydrogen) atoms. The second kappa shape index (κ2) is 6.00. The number of aromatic carboxylic acids is 1. The highest BCUT2D eigenvalue weighted by Crippen LogP contribution is 2.15. The van der Waals surface area contributed by atoms with Gasteiger partial charge in [-0.1, -0.05) is 24.3 Å². The number of carbonyl (C=O) groups is 3. The molecule has 0 saturated heterocycles. The van der Waals surface area contributed by atoms with Crippen LogP contribution in [-0.2, 0) is 0 Å². The van der Waals surface area contributed by atoms with Crippen molar-refractivity contribution in [3.05, 3.63) is 65.2 Å². The Balaban J connectivity index is 2.28. The summed E-state index contributed by atoms with van der Waals surface area (Å²) in [4.78, 5) is 34.6. The molecule has 0 atom stereocenters. The van der Waals surface area contributed by atoms with Crippen LogP contribution >= 0.6 is 0 Å². The van der Waals surface area contributed by atoms with E-state index in [1.54, 1.807) is 36.4 Å². The van der Waals surface area contributed by atoms with Crippen molar-refractivity contribution in [1.82, 2.24) is 0 Å². The molecule has 0 aliphatic heterocycles. The first-order valence-corrected chi connectivity index (χ1v) is 6.23. The lowest BCUT2D eigenvalue weighted by Crippen LogP contribution is -2.16. The van der Waals surface area contributed by atoms with Gasteiger partial charge in [0, 0.05) is 11.3 Å². The third-order valence-electron chi connectivity index (χ3n) is 2.93. The standard InChI is InChI=1S/C16H13NO4/c1-10(18)11-5-4-6-12(9-11)17-15(19)13-7-2-3-8-14(13)16(20)21/h2-9H,1H3,(H,17,19)(H,20,21). The Morgan fingerprint density at radius 3 is 2.24 bits per heavy atom. The lowest BCUT2D eigenvalue weighted by atomic mass is 10.1. The van der Waals surface area contributed by atoms with Crippen molar-refractivity contribution in [1.29, 1.82) is 0 Å². The van der Waals surface area contributed by atoms with Crippen LogP contribution in [0.15, 0.2) is 48.5 Å². The molecule has 0 fully saturated rings. The molecule has 1 amide bonds. The molecule has 2 rings (SSSR count). The van der Waals surface area contributed by atoms with Crippen molar-refractivity contribution in [3.8, 4) is 0 Å². The van der Waals surface area contributed by atoms with E-state index >= 15 is 0 Å². The summed E-state index contributed by atoms with van der Waals surface area (Å²) in [6, 6.07) is 12.4. The van der Waals surface area contributed by atoms with Crippen LogP contribution in [0.1, 0.15) is 38.0 Å². The molecule has 0 heterocycles. The van der Waals surface area contributed by atoms with Crippen LogP contribution in [0, 0.1) is 0 Å². The van der Waals surface area contributed by atoms with E-state index in [9.17, 15) is 14.4 Å². The number of amides is 1. The van der Waals surface area contributed by atoms with E-state index in [-0.39, 0.29) is 16.9 Å². The van der Waals surface area contributed by atoms with Crippen molar-refractivity contribution < 1.29 is 19.5 Å². The maximum absolute atomic E-state index is 12.2. The van der Waals surface area contributed by atoms with Gasteiger partial charge in [0.05, 0.1) is 11.1 Å². The summed E-state index contributed by atoms with van der Waals surface area (Å²) in [7, 11) is 0. The minimum Gasteiger partial charge on any atom is -0.478 e. The summed E-state index contributed by atoms with van der Waals surface area (Å²) in [5.74, 6) is -1.82. The van der Waals surface area contributed by atoms with Gasteiger partial charge in [-0.15, -0.1) is 0 Å². The van der Waals surface area contributed by atoms with E-state index in [1.807, 2.05) is 0 Å². The van der Waals surface area contributed by atoms with Crippen LogP contribution < -0.4 is 5.32 Å². The van der Waals surface area contributed by atoms with E-state index in [4.69, 9.17) is 5.11 Å². The van der Waals surface area contributed by atoms with E-state index in [2.05, 4.69) is 5.32 Å². The predicted octanol–water partition coefficient (Wildman–Crippen LogP) is 2.84. The Morgan fingerprint density at radius 1 is 0.952 bits per heavy atom. The highest BCUT2D eigenvalue weighted by Gasteiger charge is 2.16. The van der Waals surface area contributed by atoms with Gasteiger partial charge in [0.15, 0.2) is 5.78 Å². The molecule has 0 aliphatic rings. The van der Waals surface area contributed by atoms with Gasteiger partial charge in [-0.2, -0.15) is 0 Å². The number of anilines is 1. The number of rotatable bonds is 4. The largest absolute Gasteiger partial charge is 0.478 e. The number of Topliss-reactive ketones (excluding diaryl/α,β-unsaturated/α-hetero) is 1. The minimum absolute atomic E-state index is 0.0678. The van der Waals surface area contributed by atoms with Gasteiger partial charge in [-0.05, 0) is 31.2 Å². The number of hydrogen-bond donors (Lipinski definition) is 2. The van der Waals surface area contributed by atoms with Crippen LogP contribution in [-0.4, -0.2) is 22.8 Å². The topological polar surface area (TPSA) is 83.5 Å². The molecule has 0 unspecified atom stereocenters. The number of carboxylic acid groups (broad SMARTS) is 1. The Labute approximate surface area is 121 Å². The predicted molar refractivity (Wildman–Crippen MR) is 77.8 cm³/mol. The summed E-state index contributed by atoms with van der Waals surface area (Å²) >= 11 is 0. The fourth-order valence-electron chi connectivity index (χ4n) is 1.88. The lowest BCUT2D eigenvalue weighted by Gasteiger charge is -2.08. The molecule has 5 heteroatoms. The van der Waals surface area contributed by atoms with Gasteiger partial charge in [0.25, 0.3) is 5.91 Å². The SMILES string of the molecule is CC(=O)c1cccc(NC(=O)c2ccccc2C(=O)O)c1. The number of carbonyl (C=O) groups excluding carboxylic acids is 2. The first-order chi connectivity index (χ1) is 9.99. The first kappa shape index (κ1) is 14.5. The Bertz CT molecular complexity index is 722. The maximum atomic E-state index is 12.2. The number of ketones is 1. The quantitative estimate of drug-likeness (QED) is 0.845. The number of benzene rings is 2. The molecule has 0 aromatic heterocycles. The number of nitrogens with one attached hydrogen (secondary N) is 1. The molecule has 2 aromatic rings. The van der Waals surface area contributed by atoms with E-state index in [0.29, 0.717) is 11.3 Å². The third kappa shape index (κ3) is 3.33. The van der Waals surface area contributed by atoms with Gasteiger partial charge in [-0.3, -0.25) is 9.59 Å². The second-order valence-electron chi connectivity index (χ2n) is 4.44. The summed E-state index contributed by atoms with van der Waals surface area (Å²) in [5.41, 5.74) is 0.906. The van der Waals surface area contributed by atoms with Gasteiger partial charge in [0.2, 0.25) is 0 Å². The Kier molecular flexibility index (Phi) is 4.13. The summed E-state index contributed by atoms with van der Waals surface area (Å²) in [6.07, 6.45) is 0. The highest BCUT2D eigenvalue weighted by atomic mass is 16.4. The smallest absolute Gasteiger partial charge is 0.336 e. The van der Waals surface area contributed by atoms with Gasteiger partial charge in [0.1, 0.15) is 0 Å².